The fourth-order valence-corrected chi connectivity index (χ4v) is 1.61. The van der Waals surface area contributed by atoms with Crippen molar-refractivity contribution in [3.63, 3.8) is 0 Å². The molecule has 3 nitrogen and oxygen atoms in total. The lowest BCUT2D eigenvalue weighted by Gasteiger charge is -2.17. The average molecular weight is 260 g/mol. The van der Waals surface area contributed by atoms with Crippen LogP contribution in [-0.2, 0) is 6.54 Å². The van der Waals surface area contributed by atoms with Gasteiger partial charge in [-0.1, -0.05) is 20.8 Å². The third kappa shape index (κ3) is 3.70. The van der Waals surface area contributed by atoms with E-state index in [1.807, 2.05) is 10.9 Å². The number of aromatic nitrogens is 2. The van der Waals surface area contributed by atoms with Crippen molar-refractivity contribution in [3.05, 3.63) is 10.7 Å². The van der Waals surface area contributed by atoms with Gasteiger partial charge in [-0.2, -0.15) is 5.10 Å². The van der Waals surface area contributed by atoms with Crippen LogP contribution in [0.25, 0.3) is 0 Å². The zero-order valence-electron chi connectivity index (χ0n) is 9.05. The van der Waals surface area contributed by atoms with Crippen molar-refractivity contribution < 1.29 is 0 Å². The van der Waals surface area contributed by atoms with Gasteiger partial charge in [0.05, 0.1) is 4.47 Å². The van der Waals surface area contributed by atoms with Gasteiger partial charge in [0, 0.05) is 12.7 Å². The van der Waals surface area contributed by atoms with E-state index in [9.17, 15) is 0 Å². The Morgan fingerprint density at radius 1 is 1.50 bits per heavy atom. The molecule has 0 unspecified atom stereocenters. The Morgan fingerprint density at radius 2 is 2.14 bits per heavy atom. The van der Waals surface area contributed by atoms with E-state index in [2.05, 4.69) is 41.8 Å². The van der Waals surface area contributed by atoms with E-state index in [0.29, 0.717) is 11.2 Å². The van der Waals surface area contributed by atoms with Gasteiger partial charge in [0.15, 0.2) is 5.82 Å². The topological polar surface area (TPSA) is 43.8 Å². The highest BCUT2D eigenvalue weighted by molar-refractivity contribution is 9.10. The Morgan fingerprint density at radius 3 is 2.57 bits per heavy atom. The second-order valence-corrected chi connectivity index (χ2v) is 5.64. The van der Waals surface area contributed by atoms with Crippen LogP contribution < -0.4 is 5.73 Å². The molecule has 0 aliphatic carbocycles. The maximum Gasteiger partial charge on any atom is 0.159 e. The van der Waals surface area contributed by atoms with Crippen LogP contribution in [0.3, 0.4) is 0 Å². The molecule has 1 heterocycles. The molecule has 14 heavy (non-hydrogen) atoms. The number of hydrogen-bond acceptors (Lipinski definition) is 2. The molecule has 0 fully saturated rings. The molecule has 0 atom stereocenters. The molecule has 0 saturated heterocycles. The Bertz CT molecular complexity index is 279. The Kier molecular flexibility index (Phi) is 3.59. The second kappa shape index (κ2) is 4.34. The van der Waals surface area contributed by atoms with Gasteiger partial charge in [-0.3, -0.25) is 4.68 Å². The Balaban J connectivity index is 2.39. The van der Waals surface area contributed by atoms with Crippen LogP contribution in [0.5, 0.6) is 0 Å². The minimum absolute atomic E-state index is 0.399. The smallest absolute Gasteiger partial charge is 0.159 e. The zero-order valence-corrected chi connectivity index (χ0v) is 10.6. The summed E-state index contributed by atoms with van der Waals surface area (Å²) in [6.07, 6.45) is 4.26. The number of hydrogen-bond donors (Lipinski definition) is 1. The van der Waals surface area contributed by atoms with E-state index >= 15 is 0 Å². The predicted molar refractivity (Wildman–Crippen MR) is 63.0 cm³/mol. The van der Waals surface area contributed by atoms with E-state index in [-0.39, 0.29) is 0 Å². The van der Waals surface area contributed by atoms with E-state index in [4.69, 9.17) is 5.73 Å². The summed E-state index contributed by atoms with van der Waals surface area (Å²) in [5.41, 5.74) is 6.02. The first-order valence-corrected chi connectivity index (χ1v) is 5.66. The SMILES string of the molecule is CC(C)(C)CCCn1cc(Br)c(N)n1. The number of aryl methyl sites for hydroxylation is 1. The summed E-state index contributed by atoms with van der Waals surface area (Å²) in [6, 6.07) is 0. The lowest BCUT2D eigenvalue weighted by Crippen LogP contribution is -2.07. The lowest BCUT2D eigenvalue weighted by molar-refractivity contribution is 0.349. The Labute approximate surface area is 93.8 Å². The first-order valence-electron chi connectivity index (χ1n) is 4.87. The molecular formula is C10H18BrN3. The maximum atomic E-state index is 5.62. The van der Waals surface area contributed by atoms with Gasteiger partial charge >= 0.3 is 0 Å². The summed E-state index contributed by atoms with van der Waals surface area (Å²) < 4.78 is 2.78. The van der Waals surface area contributed by atoms with Crippen LogP contribution in [0.1, 0.15) is 33.6 Å². The maximum absolute atomic E-state index is 5.62. The highest BCUT2D eigenvalue weighted by atomic mass is 79.9. The molecule has 0 amide bonds. The Hall–Kier alpha value is -0.510. The predicted octanol–water partition coefficient (Wildman–Crippen LogP) is 3.05. The standard InChI is InChI=1S/C10H18BrN3/c1-10(2,3)5-4-6-14-7-8(11)9(12)13-14/h7H,4-6H2,1-3H3,(H2,12,13). The van der Waals surface area contributed by atoms with Crippen molar-refractivity contribution in [3.8, 4) is 0 Å². The summed E-state index contributed by atoms with van der Waals surface area (Å²) in [5.74, 6) is 0.570. The average Bonchev–Trinajstić information content (AvgIpc) is 2.28. The second-order valence-electron chi connectivity index (χ2n) is 4.79. The van der Waals surface area contributed by atoms with E-state index in [1.165, 1.54) is 6.42 Å². The van der Waals surface area contributed by atoms with Crippen molar-refractivity contribution >= 4 is 21.7 Å². The molecule has 4 heteroatoms. The van der Waals surface area contributed by atoms with Crippen LogP contribution >= 0.6 is 15.9 Å². The van der Waals surface area contributed by atoms with Crippen molar-refractivity contribution in [1.82, 2.24) is 9.78 Å². The van der Waals surface area contributed by atoms with Gasteiger partial charge in [0.1, 0.15) is 0 Å². The van der Waals surface area contributed by atoms with E-state index in [0.717, 1.165) is 17.4 Å². The quantitative estimate of drug-likeness (QED) is 0.907. The minimum Gasteiger partial charge on any atom is -0.381 e. The van der Waals surface area contributed by atoms with Gasteiger partial charge in [0.2, 0.25) is 0 Å². The van der Waals surface area contributed by atoms with Gasteiger partial charge in [-0.15, -0.1) is 0 Å². The van der Waals surface area contributed by atoms with Crippen LogP contribution in [0.4, 0.5) is 5.82 Å². The van der Waals surface area contributed by atoms with Crippen LogP contribution in [-0.4, -0.2) is 9.78 Å². The third-order valence-corrected chi connectivity index (χ3v) is 2.67. The molecule has 2 N–H and O–H groups in total. The summed E-state index contributed by atoms with van der Waals surface area (Å²) in [4.78, 5) is 0. The fourth-order valence-electron chi connectivity index (χ4n) is 1.30. The number of rotatable bonds is 3. The van der Waals surface area contributed by atoms with Crippen molar-refractivity contribution in [1.29, 1.82) is 0 Å². The van der Waals surface area contributed by atoms with Crippen molar-refractivity contribution in [2.45, 2.75) is 40.2 Å². The van der Waals surface area contributed by atoms with Crippen molar-refractivity contribution in [2.75, 3.05) is 5.73 Å². The molecule has 1 aromatic rings. The van der Waals surface area contributed by atoms with Crippen LogP contribution in [0.2, 0.25) is 0 Å². The first kappa shape index (κ1) is 11.6. The van der Waals surface area contributed by atoms with Crippen LogP contribution in [0.15, 0.2) is 10.7 Å². The largest absolute Gasteiger partial charge is 0.381 e. The van der Waals surface area contributed by atoms with Gasteiger partial charge in [-0.05, 0) is 34.2 Å². The number of nitrogens with zero attached hydrogens (tertiary/aromatic N) is 2. The molecule has 0 aliphatic heterocycles. The monoisotopic (exact) mass is 259 g/mol. The molecule has 0 saturated carbocycles. The van der Waals surface area contributed by atoms with Gasteiger partial charge in [-0.25, -0.2) is 0 Å². The number of nitrogens with two attached hydrogens (primary N) is 1. The summed E-state index contributed by atoms with van der Waals surface area (Å²) in [6.45, 7) is 7.69. The molecule has 1 rings (SSSR count). The molecular weight excluding hydrogens is 242 g/mol. The number of anilines is 1. The fraction of sp³-hybridized carbons (Fsp3) is 0.700. The van der Waals surface area contributed by atoms with Gasteiger partial charge in [0.25, 0.3) is 0 Å². The summed E-state index contributed by atoms with van der Waals surface area (Å²) in [7, 11) is 0. The molecule has 0 radical (unpaired) electrons. The molecule has 0 spiro atoms. The first-order chi connectivity index (χ1) is 6.38. The van der Waals surface area contributed by atoms with Crippen molar-refractivity contribution in [2.24, 2.45) is 5.41 Å². The molecule has 0 aliphatic rings. The molecule has 0 bridgehead atoms. The molecule has 1 aromatic heterocycles. The highest BCUT2D eigenvalue weighted by Gasteiger charge is 2.09. The number of halogens is 1. The normalized spacial score (nSPS) is 12.0. The number of nitrogen functional groups attached to an aromatic ring is 1. The van der Waals surface area contributed by atoms with E-state index < -0.39 is 0 Å². The lowest BCUT2D eigenvalue weighted by atomic mass is 9.91. The molecule has 0 aromatic carbocycles. The highest BCUT2D eigenvalue weighted by Crippen LogP contribution is 2.22. The summed E-state index contributed by atoms with van der Waals surface area (Å²) >= 11 is 3.34. The van der Waals surface area contributed by atoms with Crippen LogP contribution in [0, 0.1) is 5.41 Å². The van der Waals surface area contributed by atoms with Gasteiger partial charge < -0.3 is 5.73 Å². The summed E-state index contributed by atoms with van der Waals surface area (Å²) in [5, 5.41) is 4.18. The minimum atomic E-state index is 0.399. The van der Waals surface area contributed by atoms with E-state index in [1.54, 1.807) is 0 Å². The third-order valence-electron chi connectivity index (χ3n) is 2.06. The zero-order chi connectivity index (χ0) is 10.8. The molecule has 80 valence electrons.